The first-order chi connectivity index (χ1) is 12.5. The second-order valence-electron chi connectivity index (χ2n) is 6.55. The van der Waals surface area contributed by atoms with Crippen molar-refractivity contribution < 1.29 is 18.4 Å². The number of aromatic nitrogens is 1. The van der Waals surface area contributed by atoms with Crippen LogP contribution >= 0.6 is 0 Å². The summed E-state index contributed by atoms with van der Waals surface area (Å²) in [6.07, 6.45) is 4.25. The standard InChI is InChI=1S/C19H22FN3O3/c1-3-9-19(10-4-2)17(24)23(18(25)22-19)11-15-12-26-16(21-15)13-5-7-14(20)8-6-13/h5-8,12H,3-4,9-11H2,1-2H3,(H,22,25). The molecule has 2 aromatic rings. The first-order valence-corrected chi connectivity index (χ1v) is 8.83. The van der Waals surface area contributed by atoms with Crippen molar-refractivity contribution in [2.24, 2.45) is 0 Å². The first kappa shape index (κ1) is 18.1. The molecule has 1 saturated heterocycles. The van der Waals surface area contributed by atoms with E-state index in [9.17, 15) is 14.0 Å². The van der Waals surface area contributed by atoms with Crippen molar-refractivity contribution in [2.75, 3.05) is 0 Å². The molecule has 1 aromatic carbocycles. The van der Waals surface area contributed by atoms with Gasteiger partial charge in [0.2, 0.25) is 5.89 Å². The Balaban J connectivity index is 1.77. The van der Waals surface area contributed by atoms with Gasteiger partial charge < -0.3 is 9.73 Å². The predicted molar refractivity (Wildman–Crippen MR) is 93.5 cm³/mol. The molecule has 2 heterocycles. The van der Waals surface area contributed by atoms with Gasteiger partial charge in [0, 0.05) is 5.56 Å². The number of amides is 3. The Labute approximate surface area is 151 Å². The van der Waals surface area contributed by atoms with Crippen LogP contribution in [0.15, 0.2) is 34.9 Å². The number of hydrogen-bond acceptors (Lipinski definition) is 4. The average molecular weight is 359 g/mol. The molecule has 3 rings (SSSR count). The summed E-state index contributed by atoms with van der Waals surface area (Å²) in [6, 6.07) is 5.36. The molecule has 138 valence electrons. The largest absolute Gasteiger partial charge is 0.444 e. The Kier molecular flexibility index (Phi) is 5.06. The van der Waals surface area contributed by atoms with Crippen LogP contribution in [0, 0.1) is 5.82 Å². The monoisotopic (exact) mass is 359 g/mol. The van der Waals surface area contributed by atoms with Crippen LogP contribution in [0.4, 0.5) is 9.18 Å². The summed E-state index contributed by atoms with van der Waals surface area (Å²) in [5.74, 6) is -0.235. The molecule has 0 radical (unpaired) electrons. The molecule has 26 heavy (non-hydrogen) atoms. The van der Waals surface area contributed by atoms with E-state index in [1.165, 1.54) is 23.3 Å². The minimum Gasteiger partial charge on any atom is -0.444 e. The summed E-state index contributed by atoms with van der Waals surface area (Å²) in [5, 5.41) is 2.87. The maximum Gasteiger partial charge on any atom is 0.325 e. The number of carbonyl (C=O) groups is 2. The molecule has 1 N–H and O–H groups in total. The third kappa shape index (κ3) is 3.34. The van der Waals surface area contributed by atoms with Gasteiger partial charge in [-0.1, -0.05) is 26.7 Å². The van der Waals surface area contributed by atoms with Gasteiger partial charge in [0.05, 0.1) is 12.2 Å². The van der Waals surface area contributed by atoms with Crippen molar-refractivity contribution in [3.05, 3.63) is 42.0 Å². The summed E-state index contributed by atoms with van der Waals surface area (Å²) < 4.78 is 18.4. The highest BCUT2D eigenvalue weighted by Gasteiger charge is 2.49. The molecule has 0 unspecified atom stereocenters. The molecule has 1 fully saturated rings. The molecule has 1 aliphatic rings. The van der Waals surface area contributed by atoms with Gasteiger partial charge >= 0.3 is 6.03 Å². The van der Waals surface area contributed by atoms with E-state index < -0.39 is 11.6 Å². The van der Waals surface area contributed by atoms with Crippen LogP contribution in [0.5, 0.6) is 0 Å². The highest BCUT2D eigenvalue weighted by Crippen LogP contribution is 2.29. The van der Waals surface area contributed by atoms with Gasteiger partial charge in [-0.2, -0.15) is 0 Å². The van der Waals surface area contributed by atoms with E-state index in [0.29, 0.717) is 30.0 Å². The molecule has 0 atom stereocenters. The Bertz CT molecular complexity index is 795. The second-order valence-corrected chi connectivity index (χ2v) is 6.55. The quantitative estimate of drug-likeness (QED) is 0.762. The first-order valence-electron chi connectivity index (χ1n) is 8.83. The molecule has 1 aromatic heterocycles. The highest BCUT2D eigenvalue weighted by molar-refractivity contribution is 6.06. The number of nitrogens with one attached hydrogen (secondary N) is 1. The van der Waals surface area contributed by atoms with Crippen LogP contribution in [-0.4, -0.2) is 27.4 Å². The third-order valence-electron chi connectivity index (χ3n) is 4.56. The predicted octanol–water partition coefficient (Wildman–Crippen LogP) is 3.87. The van der Waals surface area contributed by atoms with Crippen molar-refractivity contribution >= 4 is 11.9 Å². The summed E-state index contributed by atoms with van der Waals surface area (Å²) >= 11 is 0. The van der Waals surface area contributed by atoms with Gasteiger partial charge in [-0.05, 0) is 37.1 Å². The van der Waals surface area contributed by atoms with E-state index in [2.05, 4.69) is 10.3 Å². The Morgan fingerprint density at radius 1 is 1.15 bits per heavy atom. The number of hydrogen-bond donors (Lipinski definition) is 1. The van der Waals surface area contributed by atoms with E-state index in [0.717, 1.165) is 12.8 Å². The molecule has 0 aliphatic carbocycles. The molecule has 0 spiro atoms. The SMILES string of the molecule is CCCC1(CCC)NC(=O)N(Cc2coc(-c3ccc(F)cc3)n2)C1=O. The summed E-state index contributed by atoms with van der Waals surface area (Å²) in [4.78, 5) is 30.8. The number of urea groups is 1. The second kappa shape index (κ2) is 7.27. The third-order valence-corrected chi connectivity index (χ3v) is 4.56. The molecule has 6 nitrogen and oxygen atoms in total. The lowest BCUT2D eigenvalue weighted by molar-refractivity contribution is -0.132. The van der Waals surface area contributed by atoms with Crippen LogP contribution in [0.2, 0.25) is 0 Å². The number of rotatable bonds is 7. The normalized spacial score (nSPS) is 16.2. The van der Waals surface area contributed by atoms with Crippen LogP contribution in [0.1, 0.15) is 45.2 Å². The van der Waals surface area contributed by atoms with E-state index in [1.807, 2.05) is 13.8 Å². The van der Waals surface area contributed by atoms with Crippen molar-refractivity contribution in [3.63, 3.8) is 0 Å². The van der Waals surface area contributed by atoms with Crippen molar-refractivity contribution in [2.45, 2.75) is 51.6 Å². The molecule has 0 bridgehead atoms. The number of benzene rings is 1. The van der Waals surface area contributed by atoms with Crippen LogP contribution < -0.4 is 5.32 Å². The smallest absolute Gasteiger partial charge is 0.325 e. The molecule has 3 amide bonds. The van der Waals surface area contributed by atoms with Gasteiger partial charge in [0.1, 0.15) is 17.6 Å². The van der Waals surface area contributed by atoms with Gasteiger partial charge in [0.15, 0.2) is 0 Å². The lowest BCUT2D eigenvalue weighted by Crippen LogP contribution is -2.46. The van der Waals surface area contributed by atoms with Gasteiger partial charge in [-0.25, -0.2) is 14.2 Å². The average Bonchev–Trinajstić information content (AvgIpc) is 3.16. The highest BCUT2D eigenvalue weighted by atomic mass is 19.1. The number of nitrogens with zero attached hydrogens (tertiary/aromatic N) is 2. The van der Waals surface area contributed by atoms with Crippen LogP contribution in [-0.2, 0) is 11.3 Å². The minimum atomic E-state index is -0.815. The molecule has 0 saturated carbocycles. The lowest BCUT2D eigenvalue weighted by Gasteiger charge is -2.25. The summed E-state index contributed by atoms with van der Waals surface area (Å²) in [7, 11) is 0. The fourth-order valence-electron chi connectivity index (χ4n) is 3.40. The zero-order chi connectivity index (χ0) is 18.7. The van der Waals surface area contributed by atoms with Gasteiger partial charge in [-0.3, -0.25) is 9.69 Å². The van der Waals surface area contributed by atoms with E-state index in [4.69, 9.17) is 4.42 Å². The maximum absolute atomic E-state index is 13.0. The van der Waals surface area contributed by atoms with Crippen LogP contribution in [0.3, 0.4) is 0 Å². The van der Waals surface area contributed by atoms with E-state index in [1.54, 1.807) is 12.1 Å². The number of carbonyl (C=O) groups excluding carboxylic acids is 2. The van der Waals surface area contributed by atoms with Crippen molar-refractivity contribution in [1.82, 2.24) is 15.2 Å². The fourth-order valence-corrected chi connectivity index (χ4v) is 3.40. The molecule has 1 aliphatic heterocycles. The summed E-state index contributed by atoms with van der Waals surface area (Å²) in [6.45, 7) is 4.03. The number of oxazole rings is 1. The lowest BCUT2D eigenvalue weighted by atomic mass is 9.88. The van der Waals surface area contributed by atoms with E-state index >= 15 is 0 Å². The Morgan fingerprint density at radius 2 is 1.81 bits per heavy atom. The molecular weight excluding hydrogens is 337 g/mol. The van der Waals surface area contributed by atoms with Crippen LogP contribution in [0.25, 0.3) is 11.5 Å². The number of halogens is 1. The minimum absolute atomic E-state index is 0.0462. The fraction of sp³-hybridized carbons (Fsp3) is 0.421. The van der Waals surface area contributed by atoms with Crippen molar-refractivity contribution in [1.29, 1.82) is 0 Å². The van der Waals surface area contributed by atoms with Gasteiger partial charge in [-0.15, -0.1) is 0 Å². The zero-order valence-corrected chi connectivity index (χ0v) is 14.9. The molecule has 7 heteroatoms. The van der Waals surface area contributed by atoms with E-state index in [-0.39, 0.29) is 18.3 Å². The Hall–Kier alpha value is -2.70. The summed E-state index contributed by atoms with van der Waals surface area (Å²) in [5.41, 5.74) is 0.280. The maximum atomic E-state index is 13.0. The Morgan fingerprint density at radius 3 is 2.42 bits per heavy atom. The van der Waals surface area contributed by atoms with Crippen molar-refractivity contribution in [3.8, 4) is 11.5 Å². The molecular formula is C19H22FN3O3. The van der Waals surface area contributed by atoms with Gasteiger partial charge in [0.25, 0.3) is 5.91 Å². The topological polar surface area (TPSA) is 75.4 Å². The zero-order valence-electron chi connectivity index (χ0n) is 14.9. The number of imide groups is 1.